The highest BCUT2D eigenvalue weighted by molar-refractivity contribution is 5.99. The molecule has 2 fully saturated rings. The van der Waals surface area contributed by atoms with Crippen LogP contribution in [-0.2, 0) is 30.5 Å². The molecule has 0 bridgehead atoms. The number of hydrogen-bond donors (Lipinski definition) is 0. The van der Waals surface area contributed by atoms with Crippen molar-refractivity contribution >= 4 is 23.5 Å². The predicted octanol–water partition coefficient (Wildman–Crippen LogP) is 1.06. The molecule has 0 aromatic heterocycles. The van der Waals surface area contributed by atoms with E-state index in [9.17, 15) is 24.5 Å². The van der Waals surface area contributed by atoms with Gasteiger partial charge < -0.3 is 19.3 Å². The van der Waals surface area contributed by atoms with Crippen molar-refractivity contribution in [1.29, 1.82) is 0 Å². The molecule has 2 atom stereocenters. The van der Waals surface area contributed by atoms with Crippen LogP contribution in [0.4, 0.5) is 5.69 Å². The van der Waals surface area contributed by atoms with E-state index in [1.807, 2.05) is 0 Å². The van der Waals surface area contributed by atoms with Crippen LogP contribution < -0.4 is 0 Å². The van der Waals surface area contributed by atoms with E-state index in [0.717, 1.165) is 0 Å². The molecule has 3 aliphatic heterocycles. The number of carbonyl (C=O) groups is 3. The third-order valence-electron chi connectivity index (χ3n) is 4.91. The van der Waals surface area contributed by atoms with Crippen molar-refractivity contribution in [3.05, 3.63) is 51.3 Å². The van der Waals surface area contributed by atoms with E-state index in [-0.39, 0.29) is 29.9 Å². The number of fused-ring (bicyclic) bond motifs is 1. The number of carbonyl (C=O) groups excluding carboxylic acids is 3. The summed E-state index contributed by atoms with van der Waals surface area (Å²) in [6.07, 6.45) is 0.471. The summed E-state index contributed by atoms with van der Waals surface area (Å²) >= 11 is 0. The lowest BCUT2D eigenvalue weighted by Gasteiger charge is -2.35. The van der Waals surface area contributed by atoms with E-state index < -0.39 is 23.1 Å². The molecule has 10 nitrogen and oxygen atoms in total. The molecule has 0 saturated carbocycles. The van der Waals surface area contributed by atoms with E-state index >= 15 is 0 Å². The summed E-state index contributed by atoms with van der Waals surface area (Å²) in [7, 11) is 0. The lowest BCUT2D eigenvalue weighted by molar-refractivity contribution is -0.384. The lowest BCUT2D eigenvalue weighted by atomic mass is 10.0. The Labute approximate surface area is 159 Å². The summed E-state index contributed by atoms with van der Waals surface area (Å²) in [4.78, 5) is 49.2. The fourth-order valence-electron chi connectivity index (χ4n) is 3.51. The summed E-state index contributed by atoms with van der Waals surface area (Å²) in [5.74, 6) is -1.20. The van der Waals surface area contributed by atoms with E-state index in [0.29, 0.717) is 30.6 Å². The van der Waals surface area contributed by atoms with E-state index in [1.165, 1.54) is 36.1 Å². The molecule has 1 unspecified atom stereocenters. The number of benzene rings is 1. The number of nitro groups is 1. The van der Waals surface area contributed by atoms with Gasteiger partial charge in [-0.3, -0.25) is 19.7 Å². The second kappa shape index (κ2) is 6.63. The largest absolute Gasteiger partial charge is 0.456 e. The van der Waals surface area contributed by atoms with Crippen molar-refractivity contribution in [3.8, 4) is 0 Å². The molecule has 3 aliphatic rings. The van der Waals surface area contributed by atoms with Crippen molar-refractivity contribution in [3.63, 3.8) is 0 Å². The zero-order valence-electron chi connectivity index (χ0n) is 15.0. The maximum Gasteiger partial charge on any atom is 0.357 e. The van der Waals surface area contributed by atoms with Gasteiger partial charge in [-0.05, 0) is 17.7 Å². The summed E-state index contributed by atoms with van der Waals surface area (Å²) < 4.78 is 10.5. The molecule has 1 amide bonds. The van der Waals surface area contributed by atoms with E-state index in [2.05, 4.69) is 0 Å². The molecule has 3 heterocycles. The number of β-lactam (4-membered cyclic amide) rings is 1. The Morgan fingerprint density at radius 2 is 1.96 bits per heavy atom. The smallest absolute Gasteiger partial charge is 0.357 e. The SMILES string of the molecule is CC(=O)OC1CN1C1=C(C(=O)OCc2ccc([N+](=O)[O-])cc2)N2C(=O)C[C@H]2C1. The van der Waals surface area contributed by atoms with Gasteiger partial charge in [0.15, 0.2) is 6.23 Å². The van der Waals surface area contributed by atoms with Crippen LogP contribution in [0.15, 0.2) is 35.7 Å². The number of nitro benzene ring substituents is 1. The van der Waals surface area contributed by atoms with Crippen molar-refractivity contribution in [1.82, 2.24) is 9.80 Å². The third kappa shape index (κ3) is 3.17. The van der Waals surface area contributed by atoms with Crippen LogP contribution in [0.2, 0.25) is 0 Å². The molecule has 0 N–H and O–H groups in total. The molecule has 0 aliphatic carbocycles. The average molecular weight is 387 g/mol. The summed E-state index contributed by atoms with van der Waals surface area (Å²) in [6, 6.07) is 5.61. The highest BCUT2D eigenvalue weighted by Gasteiger charge is 2.53. The van der Waals surface area contributed by atoms with Crippen molar-refractivity contribution in [2.75, 3.05) is 6.54 Å². The summed E-state index contributed by atoms with van der Waals surface area (Å²) in [5.41, 5.74) is 1.38. The zero-order valence-corrected chi connectivity index (χ0v) is 15.0. The molecular weight excluding hydrogens is 370 g/mol. The minimum absolute atomic E-state index is 0.0528. The van der Waals surface area contributed by atoms with Gasteiger partial charge in [0.1, 0.15) is 12.3 Å². The van der Waals surface area contributed by atoms with Gasteiger partial charge >= 0.3 is 11.9 Å². The van der Waals surface area contributed by atoms with E-state index in [1.54, 1.807) is 4.90 Å². The molecule has 0 radical (unpaired) electrons. The number of esters is 2. The molecule has 0 spiro atoms. The van der Waals surface area contributed by atoms with Gasteiger partial charge in [-0.25, -0.2) is 4.79 Å². The third-order valence-corrected chi connectivity index (χ3v) is 4.91. The first-order chi connectivity index (χ1) is 13.3. The molecule has 4 rings (SSSR count). The number of nitrogens with zero attached hydrogens (tertiary/aromatic N) is 3. The first-order valence-electron chi connectivity index (χ1n) is 8.74. The van der Waals surface area contributed by atoms with Crippen LogP contribution in [0.25, 0.3) is 0 Å². The normalized spacial score (nSPS) is 22.5. The van der Waals surface area contributed by atoms with Gasteiger partial charge in [0.25, 0.3) is 5.69 Å². The zero-order chi connectivity index (χ0) is 20.0. The Kier molecular flexibility index (Phi) is 4.25. The maximum atomic E-state index is 12.7. The standard InChI is InChI=1S/C18H17N3O7/c1-10(22)28-16-8-19(16)14-6-13-7-15(23)20(13)17(14)18(24)27-9-11-2-4-12(5-3-11)21(25)26/h2-5,13,16H,6-9H2,1H3/t13-,16?,19?/m1/s1. The first-order valence-corrected chi connectivity index (χ1v) is 8.74. The Hall–Kier alpha value is -3.43. The van der Waals surface area contributed by atoms with Crippen LogP contribution in [0, 0.1) is 10.1 Å². The fourth-order valence-corrected chi connectivity index (χ4v) is 3.51. The minimum Gasteiger partial charge on any atom is -0.456 e. The molecule has 1 aromatic rings. The molecule has 28 heavy (non-hydrogen) atoms. The molecule has 146 valence electrons. The molecular formula is C18H17N3O7. The highest BCUT2D eigenvalue weighted by Crippen LogP contribution is 2.43. The predicted molar refractivity (Wildman–Crippen MR) is 92.0 cm³/mol. The van der Waals surface area contributed by atoms with Crippen LogP contribution in [-0.4, -0.2) is 51.4 Å². The monoisotopic (exact) mass is 387 g/mol. The maximum absolute atomic E-state index is 12.7. The minimum atomic E-state index is -0.641. The van der Waals surface area contributed by atoms with Crippen molar-refractivity contribution < 1.29 is 28.8 Å². The number of rotatable bonds is 6. The van der Waals surface area contributed by atoms with Crippen LogP contribution in [0.3, 0.4) is 0 Å². The Morgan fingerprint density at radius 3 is 2.57 bits per heavy atom. The molecule has 1 aromatic carbocycles. The van der Waals surface area contributed by atoms with Gasteiger partial charge in [-0.1, -0.05) is 0 Å². The second-order valence-corrected chi connectivity index (χ2v) is 6.84. The Balaban J connectivity index is 1.47. The number of ether oxygens (including phenoxy) is 2. The first kappa shape index (κ1) is 18.0. The average Bonchev–Trinajstić information content (AvgIpc) is 3.31. The fraction of sp³-hybridized carbons (Fsp3) is 0.389. The number of hydrogen-bond acceptors (Lipinski definition) is 8. The molecule has 2 saturated heterocycles. The van der Waals surface area contributed by atoms with Gasteiger partial charge in [-0.2, -0.15) is 0 Å². The van der Waals surface area contributed by atoms with Crippen LogP contribution in [0.5, 0.6) is 0 Å². The Morgan fingerprint density at radius 1 is 1.25 bits per heavy atom. The lowest BCUT2D eigenvalue weighted by Crippen LogP contribution is -2.49. The van der Waals surface area contributed by atoms with Crippen LogP contribution >= 0.6 is 0 Å². The number of amides is 1. The highest BCUT2D eigenvalue weighted by atomic mass is 16.6. The van der Waals surface area contributed by atoms with Crippen molar-refractivity contribution in [2.24, 2.45) is 0 Å². The van der Waals surface area contributed by atoms with Gasteiger partial charge in [0.2, 0.25) is 5.91 Å². The Bertz CT molecular complexity index is 908. The van der Waals surface area contributed by atoms with Crippen LogP contribution in [0.1, 0.15) is 25.3 Å². The van der Waals surface area contributed by atoms with Gasteiger partial charge in [0, 0.05) is 31.9 Å². The quantitative estimate of drug-likeness (QED) is 0.234. The topological polar surface area (TPSA) is 119 Å². The number of non-ortho nitro benzene ring substituents is 1. The summed E-state index contributed by atoms with van der Waals surface area (Å²) in [5, 5.41) is 10.7. The molecule has 10 heteroatoms. The summed E-state index contributed by atoms with van der Waals surface area (Å²) in [6.45, 7) is 1.71. The second-order valence-electron chi connectivity index (χ2n) is 6.84. The van der Waals surface area contributed by atoms with Gasteiger partial charge in [-0.15, -0.1) is 0 Å². The van der Waals surface area contributed by atoms with E-state index in [4.69, 9.17) is 9.47 Å². The van der Waals surface area contributed by atoms with Gasteiger partial charge in [0.05, 0.1) is 23.2 Å². The van der Waals surface area contributed by atoms with Crippen molar-refractivity contribution in [2.45, 2.75) is 38.6 Å².